The molecular formula is C27H32O6. The highest BCUT2D eigenvalue weighted by Crippen LogP contribution is 2.40. The van der Waals surface area contributed by atoms with E-state index >= 15 is 0 Å². The second-order valence-corrected chi connectivity index (χ2v) is 8.11. The molecule has 33 heavy (non-hydrogen) atoms. The Hall–Kier alpha value is -3.30. The summed E-state index contributed by atoms with van der Waals surface area (Å²) in [4.78, 5) is 23.2. The molecule has 2 rings (SSSR count). The maximum Gasteiger partial charge on any atom is 0.308 e. The highest BCUT2D eigenvalue weighted by Gasteiger charge is 2.20. The number of methoxy groups -OCH3 is 1. The van der Waals surface area contributed by atoms with Crippen LogP contribution in [-0.4, -0.2) is 25.7 Å². The molecule has 2 atom stereocenters. The molecule has 0 aliphatic carbocycles. The Morgan fingerprint density at radius 3 is 2.27 bits per heavy atom. The minimum Gasteiger partial charge on any atom is -0.492 e. The van der Waals surface area contributed by atoms with Gasteiger partial charge in [0.15, 0.2) is 17.2 Å². The lowest BCUT2D eigenvalue weighted by molar-refractivity contribution is -0.133. The van der Waals surface area contributed by atoms with E-state index in [4.69, 9.17) is 18.9 Å². The van der Waals surface area contributed by atoms with E-state index in [0.717, 1.165) is 12.0 Å². The highest BCUT2D eigenvalue weighted by atomic mass is 16.6. The van der Waals surface area contributed by atoms with Crippen LogP contribution >= 0.6 is 0 Å². The fraction of sp³-hybridized carbons (Fsp3) is 0.407. The van der Waals surface area contributed by atoms with Gasteiger partial charge in [-0.3, -0.25) is 9.59 Å². The van der Waals surface area contributed by atoms with Crippen LogP contribution < -0.4 is 14.2 Å². The third-order valence-electron chi connectivity index (χ3n) is 4.85. The maximum atomic E-state index is 11.7. The van der Waals surface area contributed by atoms with Crippen molar-refractivity contribution in [3.63, 3.8) is 0 Å². The number of carbonyl (C=O) groups excluding carboxylic acids is 2. The third-order valence-corrected chi connectivity index (χ3v) is 4.85. The van der Waals surface area contributed by atoms with Gasteiger partial charge in [0.1, 0.15) is 0 Å². The van der Waals surface area contributed by atoms with Gasteiger partial charge < -0.3 is 18.9 Å². The van der Waals surface area contributed by atoms with Crippen molar-refractivity contribution in [1.29, 1.82) is 0 Å². The standard InChI is InChI=1S/C27H32O6/c1-18(14-19(2)16-31-17-23-10-8-7-9-11-23)12-13-24-15-25(32-21(4)28)27(30-6)20(3)26(24)33-22(5)29/h7-11,15,18-19H,14,16-17H2,1-6H3/t18-,19+/m1/s1. The van der Waals surface area contributed by atoms with Crippen LogP contribution in [0.15, 0.2) is 36.4 Å². The summed E-state index contributed by atoms with van der Waals surface area (Å²) in [5, 5.41) is 0. The molecule has 6 heteroatoms. The summed E-state index contributed by atoms with van der Waals surface area (Å²) in [6, 6.07) is 11.6. The van der Waals surface area contributed by atoms with Crippen LogP contribution in [0.3, 0.4) is 0 Å². The average Bonchev–Trinajstić information content (AvgIpc) is 2.75. The topological polar surface area (TPSA) is 71.1 Å². The Balaban J connectivity index is 2.14. The van der Waals surface area contributed by atoms with Crippen LogP contribution in [0.1, 0.15) is 50.8 Å². The first-order valence-electron chi connectivity index (χ1n) is 10.9. The summed E-state index contributed by atoms with van der Waals surface area (Å²) in [6.07, 6.45) is 0.844. The Morgan fingerprint density at radius 1 is 1.00 bits per heavy atom. The van der Waals surface area contributed by atoms with E-state index in [0.29, 0.717) is 41.8 Å². The van der Waals surface area contributed by atoms with Crippen molar-refractivity contribution in [3.05, 3.63) is 53.1 Å². The van der Waals surface area contributed by atoms with Gasteiger partial charge in [0, 0.05) is 38.0 Å². The minimum absolute atomic E-state index is 0.0742. The molecule has 6 nitrogen and oxygen atoms in total. The highest BCUT2D eigenvalue weighted by molar-refractivity contribution is 5.75. The predicted octanol–water partition coefficient (Wildman–Crippen LogP) is 5.08. The van der Waals surface area contributed by atoms with Gasteiger partial charge in [-0.1, -0.05) is 56.0 Å². The van der Waals surface area contributed by atoms with Crippen molar-refractivity contribution >= 4 is 11.9 Å². The van der Waals surface area contributed by atoms with Crippen LogP contribution in [0, 0.1) is 30.6 Å². The maximum absolute atomic E-state index is 11.7. The van der Waals surface area contributed by atoms with Gasteiger partial charge in [0.25, 0.3) is 0 Å². The van der Waals surface area contributed by atoms with E-state index in [-0.39, 0.29) is 11.7 Å². The Bertz CT molecular complexity index is 1020. The van der Waals surface area contributed by atoms with E-state index in [1.165, 1.54) is 21.0 Å². The van der Waals surface area contributed by atoms with Crippen LogP contribution in [-0.2, 0) is 20.9 Å². The van der Waals surface area contributed by atoms with Gasteiger partial charge in [-0.05, 0) is 24.8 Å². The van der Waals surface area contributed by atoms with Crippen molar-refractivity contribution in [3.8, 4) is 29.1 Å². The van der Waals surface area contributed by atoms with Gasteiger partial charge in [-0.2, -0.15) is 0 Å². The van der Waals surface area contributed by atoms with Crippen LogP contribution in [0.2, 0.25) is 0 Å². The molecule has 0 aliphatic rings. The molecule has 0 heterocycles. The zero-order valence-electron chi connectivity index (χ0n) is 20.2. The molecule has 176 valence electrons. The Kier molecular flexibility index (Phi) is 9.96. The second kappa shape index (κ2) is 12.7. The van der Waals surface area contributed by atoms with Gasteiger partial charge in [0.05, 0.1) is 19.3 Å². The molecule has 0 saturated carbocycles. The number of esters is 2. The Morgan fingerprint density at radius 2 is 1.67 bits per heavy atom. The average molecular weight is 453 g/mol. The first-order valence-corrected chi connectivity index (χ1v) is 10.9. The van der Waals surface area contributed by atoms with Crippen LogP contribution in [0.4, 0.5) is 0 Å². The van der Waals surface area contributed by atoms with E-state index in [9.17, 15) is 9.59 Å². The van der Waals surface area contributed by atoms with Crippen molar-refractivity contribution < 1.29 is 28.5 Å². The first-order chi connectivity index (χ1) is 15.7. The minimum atomic E-state index is -0.482. The normalized spacial score (nSPS) is 12.2. The van der Waals surface area contributed by atoms with Crippen molar-refractivity contribution in [2.24, 2.45) is 11.8 Å². The summed E-state index contributed by atoms with van der Waals surface area (Å²) in [5.74, 6) is 6.61. The predicted molar refractivity (Wildman–Crippen MR) is 126 cm³/mol. The smallest absolute Gasteiger partial charge is 0.308 e. The fourth-order valence-electron chi connectivity index (χ4n) is 3.49. The van der Waals surface area contributed by atoms with E-state index < -0.39 is 11.9 Å². The van der Waals surface area contributed by atoms with Crippen LogP contribution in [0.5, 0.6) is 17.2 Å². The van der Waals surface area contributed by atoms with Gasteiger partial charge in [0.2, 0.25) is 0 Å². The number of hydrogen-bond donors (Lipinski definition) is 0. The summed E-state index contributed by atoms with van der Waals surface area (Å²) in [5.41, 5.74) is 2.14. The van der Waals surface area contributed by atoms with Crippen molar-refractivity contribution in [1.82, 2.24) is 0 Å². The van der Waals surface area contributed by atoms with Gasteiger partial charge in [-0.25, -0.2) is 0 Å². The molecule has 2 aromatic rings. The number of rotatable bonds is 9. The van der Waals surface area contributed by atoms with Gasteiger partial charge >= 0.3 is 11.9 Å². The summed E-state index contributed by atoms with van der Waals surface area (Å²) in [7, 11) is 1.46. The molecule has 0 aromatic heterocycles. The number of ether oxygens (including phenoxy) is 4. The molecule has 0 amide bonds. The SMILES string of the molecule is COc1c(OC(C)=O)cc(C#C[C@@H](C)C[C@H](C)COCc2ccccc2)c(OC(C)=O)c1C. The molecule has 0 aliphatic heterocycles. The molecule has 0 unspecified atom stereocenters. The molecule has 0 fully saturated rings. The molecule has 0 radical (unpaired) electrons. The monoisotopic (exact) mass is 452 g/mol. The molecule has 2 aromatic carbocycles. The Labute approximate surface area is 196 Å². The fourth-order valence-corrected chi connectivity index (χ4v) is 3.49. The van der Waals surface area contributed by atoms with Crippen LogP contribution in [0.25, 0.3) is 0 Å². The zero-order chi connectivity index (χ0) is 24.4. The number of hydrogen-bond acceptors (Lipinski definition) is 6. The van der Waals surface area contributed by atoms with Crippen molar-refractivity contribution in [2.45, 2.75) is 47.6 Å². The second-order valence-electron chi connectivity index (χ2n) is 8.11. The summed E-state index contributed by atoms with van der Waals surface area (Å²) >= 11 is 0. The van der Waals surface area contributed by atoms with E-state index in [1.54, 1.807) is 13.0 Å². The molecule has 0 saturated heterocycles. The molecular weight excluding hydrogens is 420 g/mol. The largest absolute Gasteiger partial charge is 0.492 e. The first kappa shape index (κ1) is 26.0. The van der Waals surface area contributed by atoms with E-state index in [1.807, 2.05) is 37.3 Å². The lowest BCUT2D eigenvalue weighted by atomic mass is 9.97. The summed E-state index contributed by atoms with van der Waals surface area (Å²) in [6.45, 7) is 9.75. The van der Waals surface area contributed by atoms with E-state index in [2.05, 4.69) is 18.8 Å². The van der Waals surface area contributed by atoms with Crippen molar-refractivity contribution in [2.75, 3.05) is 13.7 Å². The lowest BCUT2D eigenvalue weighted by Crippen LogP contribution is -2.10. The zero-order valence-corrected chi connectivity index (χ0v) is 20.2. The molecule has 0 spiro atoms. The lowest BCUT2D eigenvalue weighted by Gasteiger charge is -2.16. The number of carbonyl (C=O) groups is 2. The number of benzene rings is 2. The molecule has 0 bridgehead atoms. The van der Waals surface area contributed by atoms with Gasteiger partial charge in [-0.15, -0.1) is 0 Å². The molecule has 0 N–H and O–H groups in total. The summed E-state index contributed by atoms with van der Waals surface area (Å²) < 4.78 is 21.9. The quantitative estimate of drug-likeness (QED) is 0.300. The third kappa shape index (κ3) is 8.28.